The Morgan fingerprint density at radius 2 is 1.94 bits per heavy atom. The second kappa shape index (κ2) is 7.71. The fourth-order valence-corrected chi connectivity index (χ4v) is 5.69. The van der Waals surface area contributed by atoms with Crippen molar-refractivity contribution in [1.82, 2.24) is 4.98 Å². The van der Waals surface area contributed by atoms with Gasteiger partial charge in [-0.25, -0.2) is 4.98 Å². The molecule has 4 aromatic rings. The summed E-state index contributed by atoms with van der Waals surface area (Å²) in [6.45, 7) is 2.00. The number of benzene rings is 2. The molecule has 0 spiro atoms. The zero-order valence-corrected chi connectivity index (χ0v) is 19.4. The molecule has 0 radical (unpaired) electrons. The number of halogens is 1. The molecule has 1 N–H and O–H groups in total. The molecule has 0 aliphatic carbocycles. The first-order valence-electron chi connectivity index (χ1n) is 9.41. The normalized spacial score (nSPS) is 16.5. The maximum absolute atomic E-state index is 13.3. The number of thiophene rings is 1. The predicted molar refractivity (Wildman–Crippen MR) is 127 cm³/mol. The van der Waals surface area contributed by atoms with E-state index in [4.69, 9.17) is 0 Å². The van der Waals surface area contributed by atoms with Crippen molar-refractivity contribution in [2.75, 3.05) is 4.90 Å². The highest BCUT2D eigenvalue weighted by atomic mass is 79.9. The van der Waals surface area contributed by atoms with E-state index in [9.17, 15) is 14.7 Å². The second-order valence-corrected chi connectivity index (χ2v) is 10.0. The lowest BCUT2D eigenvalue weighted by Crippen LogP contribution is -2.30. The van der Waals surface area contributed by atoms with Crippen molar-refractivity contribution in [3.05, 3.63) is 91.8 Å². The van der Waals surface area contributed by atoms with Gasteiger partial charge in [-0.3, -0.25) is 14.5 Å². The lowest BCUT2D eigenvalue weighted by molar-refractivity contribution is -0.117. The number of hydrogen-bond donors (Lipinski definition) is 1. The number of aromatic nitrogens is 1. The summed E-state index contributed by atoms with van der Waals surface area (Å²) in [5.74, 6) is -1.50. The van der Waals surface area contributed by atoms with Crippen LogP contribution in [0.1, 0.15) is 26.8 Å². The minimum atomic E-state index is -0.767. The molecule has 1 aliphatic rings. The highest BCUT2D eigenvalue weighted by Gasteiger charge is 2.46. The fraction of sp³-hybridized carbons (Fsp3) is 0.0870. The van der Waals surface area contributed by atoms with Gasteiger partial charge in [-0.15, -0.1) is 11.3 Å². The van der Waals surface area contributed by atoms with Crippen LogP contribution in [-0.2, 0) is 4.79 Å². The smallest absolute Gasteiger partial charge is 0.296 e. The molecular formula is C23H15BrN2O3S2. The van der Waals surface area contributed by atoms with Crippen molar-refractivity contribution in [3.63, 3.8) is 0 Å². The monoisotopic (exact) mass is 510 g/mol. The zero-order chi connectivity index (χ0) is 21.7. The molecule has 154 valence electrons. The van der Waals surface area contributed by atoms with Crippen LogP contribution in [0, 0.1) is 6.92 Å². The number of amides is 1. The number of hydrogen-bond acceptors (Lipinski definition) is 6. The minimum Gasteiger partial charge on any atom is -0.503 e. The largest absolute Gasteiger partial charge is 0.503 e. The van der Waals surface area contributed by atoms with Crippen LogP contribution in [0.25, 0.3) is 10.2 Å². The van der Waals surface area contributed by atoms with E-state index in [0.29, 0.717) is 10.0 Å². The summed E-state index contributed by atoms with van der Waals surface area (Å²) >= 11 is 6.07. The molecule has 3 heterocycles. The van der Waals surface area contributed by atoms with Gasteiger partial charge in [0, 0.05) is 4.47 Å². The van der Waals surface area contributed by atoms with E-state index in [0.717, 1.165) is 25.8 Å². The summed E-state index contributed by atoms with van der Waals surface area (Å²) in [7, 11) is 0. The Labute approximate surface area is 194 Å². The Hall–Kier alpha value is -2.81. The molecule has 1 amide bonds. The number of carbonyl (C=O) groups excluding carboxylic acids is 2. The van der Waals surface area contributed by atoms with Gasteiger partial charge in [-0.1, -0.05) is 51.5 Å². The number of carbonyl (C=O) groups is 2. The van der Waals surface area contributed by atoms with E-state index in [-0.39, 0.29) is 11.4 Å². The van der Waals surface area contributed by atoms with Crippen LogP contribution in [0.5, 0.6) is 0 Å². The Balaban J connectivity index is 1.68. The van der Waals surface area contributed by atoms with Gasteiger partial charge >= 0.3 is 0 Å². The summed E-state index contributed by atoms with van der Waals surface area (Å²) in [5, 5.41) is 13.0. The maximum Gasteiger partial charge on any atom is 0.296 e. The summed E-state index contributed by atoms with van der Waals surface area (Å²) < 4.78 is 1.82. The fourth-order valence-electron chi connectivity index (χ4n) is 3.66. The third-order valence-electron chi connectivity index (χ3n) is 5.12. The summed E-state index contributed by atoms with van der Waals surface area (Å²) in [6, 6.07) is 16.0. The molecule has 0 fully saturated rings. The SMILES string of the molecule is Cc1ccc2nc(N3C(=O)C(O)=C(C(=O)c4cccs4)[C@H]3c3ccc(Br)cc3)sc2c1. The van der Waals surface area contributed by atoms with Crippen molar-refractivity contribution >= 4 is 65.6 Å². The number of rotatable bonds is 4. The number of nitrogens with zero attached hydrogens (tertiary/aromatic N) is 2. The topological polar surface area (TPSA) is 70.5 Å². The molecule has 1 aliphatic heterocycles. The Morgan fingerprint density at radius 3 is 2.65 bits per heavy atom. The molecule has 0 unspecified atom stereocenters. The number of anilines is 1. The van der Waals surface area contributed by atoms with Gasteiger partial charge in [0.1, 0.15) is 0 Å². The van der Waals surface area contributed by atoms with E-state index < -0.39 is 17.7 Å². The summed E-state index contributed by atoms with van der Waals surface area (Å²) in [5.41, 5.74) is 2.65. The van der Waals surface area contributed by atoms with E-state index in [1.54, 1.807) is 17.5 Å². The van der Waals surface area contributed by atoms with Crippen LogP contribution in [0.2, 0.25) is 0 Å². The van der Waals surface area contributed by atoms with Gasteiger partial charge in [0.05, 0.1) is 26.7 Å². The molecule has 1 atom stereocenters. The number of aliphatic hydroxyl groups excluding tert-OH is 1. The van der Waals surface area contributed by atoms with Crippen LogP contribution in [-0.4, -0.2) is 21.8 Å². The minimum absolute atomic E-state index is 0.0743. The first-order chi connectivity index (χ1) is 14.9. The van der Waals surface area contributed by atoms with Crippen LogP contribution in [0.3, 0.4) is 0 Å². The summed E-state index contributed by atoms with van der Waals surface area (Å²) in [6.07, 6.45) is 0. The average molecular weight is 511 g/mol. The quantitative estimate of drug-likeness (QED) is 0.331. The maximum atomic E-state index is 13.3. The molecule has 0 saturated carbocycles. The third-order valence-corrected chi connectivity index (χ3v) is 7.54. The molecule has 31 heavy (non-hydrogen) atoms. The summed E-state index contributed by atoms with van der Waals surface area (Å²) in [4.78, 5) is 33.0. The Morgan fingerprint density at radius 1 is 1.16 bits per heavy atom. The average Bonchev–Trinajstić information content (AvgIpc) is 3.47. The van der Waals surface area contributed by atoms with Crippen molar-refractivity contribution in [2.24, 2.45) is 0 Å². The molecular weight excluding hydrogens is 496 g/mol. The molecule has 2 aromatic heterocycles. The van der Waals surface area contributed by atoms with E-state index in [1.165, 1.54) is 27.6 Å². The van der Waals surface area contributed by atoms with Gasteiger partial charge in [-0.05, 0) is 53.8 Å². The van der Waals surface area contributed by atoms with E-state index in [2.05, 4.69) is 20.9 Å². The van der Waals surface area contributed by atoms with Crippen LogP contribution >= 0.6 is 38.6 Å². The lowest BCUT2D eigenvalue weighted by Gasteiger charge is -2.24. The van der Waals surface area contributed by atoms with Crippen molar-refractivity contribution in [1.29, 1.82) is 0 Å². The number of ketones is 1. The second-order valence-electron chi connectivity index (χ2n) is 7.17. The van der Waals surface area contributed by atoms with Crippen LogP contribution < -0.4 is 4.90 Å². The van der Waals surface area contributed by atoms with Gasteiger partial charge in [0.25, 0.3) is 5.91 Å². The Bertz CT molecular complexity index is 1360. The molecule has 8 heteroatoms. The standard InChI is InChI=1S/C23H15BrN2O3S2/c1-12-4-9-15-17(11-12)31-23(25-15)26-19(13-5-7-14(24)8-6-13)18(21(28)22(26)29)20(27)16-3-2-10-30-16/h2-11,19,28H,1H3/t19-/m1/s1. The van der Waals surface area contributed by atoms with Gasteiger partial charge < -0.3 is 5.11 Å². The third kappa shape index (κ3) is 3.40. The van der Waals surface area contributed by atoms with E-state index in [1.807, 2.05) is 49.4 Å². The first kappa shape index (κ1) is 20.1. The molecule has 5 rings (SSSR count). The number of aryl methyl sites for hydroxylation is 1. The predicted octanol–water partition coefficient (Wildman–Crippen LogP) is 6.21. The number of aliphatic hydroxyl groups is 1. The molecule has 5 nitrogen and oxygen atoms in total. The molecule has 2 aromatic carbocycles. The van der Waals surface area contributed by atoms with Crippen molar-refractivity contribution in [3.8, 4) is 0 Å². The zero-order valence-electron chi connectivity index (χ0n) is 16.2. The van der Waals surface area contributed by atoms with E-state index >= 15 is 0 Å². The lowest BCUT2D eigenvalue weighted by atomic mass is 9.96. The van der Waals surface area contributed by atoms with Crippen LogP contribution in [0.4, 0.5) is 5.13 Å². The van der Waals surface area contributed by atoms with Gasteiger partial charge in [-0.2, -0.15) is 0 Å². The highest BCUT2D eigenvalue weighted by Crippen LogP contribution is 2.44. The first-order valence-corrected chi connectivity index (χ1v) is 11.9. The number of thiazole rings is 1. The molecule has 0 bridgehead atoms. The molecule has 0 saturated heterocycles. The number of Topliss-reactive ketones (excluding diaryl/α,β-unsaturated/α-hetero) is 1. The van der Waals surface area contributed by atoms with Gasteiger partial charge in [0.15, 0.2) is 10.9 Å². The van der Waals surface area contributed by atoms with Crippen molar-refractivity contribution in [2.45, 2.75) is 13.0 Å². The van der Waals surface area contributed by atoms with Crippen molar-refractivity contribution < 1.29 is 14.7 Å². The van der Waals surface area contributed by atoms with Crippen LogP contribution in [0.15, 0.2) is 75.8 Å². The number of fused-ring (bicyclic) bond motifs is 1. The van der Waals surface area contributed by atoms with Gasteiger partial charge in [0.2, 0.25) is 5.78 Å². The Kier molecular flexibility index (Phi) is 5.00. The highest BCUT2D eigenvalue weighted by molar-refractivity contribution is 9.10.